The van der Waals surface area contributed by atoms with Crippen molar-refractivity contribution in [3.8, 4) is 0 Å². The van der Waals surface area contributed by atoms with Gasteiger partial charge in [0.05, 0.1) is 24.3 Å². The van der Waals surface area contributed by atoms with E-state index in [1.165, 1.54) is 22.3 Å². The molecule has 11 nitrogen and oxygen atoms in total. The Bertz CT molecular complexity index is 1830. The second-order valence-corrected chi connectivity index (χ2v) is 13.2. The summed E-state index contributed by atoms with van der Waals surface area (Å²) in [5, 5.41) is 15.2. The summed E-state index contributed by atoms with van der Waals surface area (Å²) >= 11 is 1.27. The third-order valence-electron chi connectivity index (χ3n) is 9.12. The van der Waals surface area contributed by atoms with E-state index in [1.807, 2.05) is 37.3 Å². The topological polar surface area (TPSA) is 136 Å². The highest BCUT2D eigenvalue weighted by Crippen LogP contribution is 2.41. The minimum Gasteiger partial charge on any atom is -0.374 e. The third kappa shape index (κ3) is 6.33. The van der Waals surface area contributed by atoms with E-state index >= 15 is 4.39 Å². The molecule has 14 heteroatoms. The van der Waals surface area contributed by atoms with E-state index in [9.17, 15) is 18.8 Å². The zero-order valence-corrected chi connectivity index (χ0v) is 26.5. The molecule has 1 saturated heterocycles. The molecule has 5 atom stereocenters. The first-order chi connectivity index (χ1) is 22.7. The van der Waals surface area contributed by atoms with Gasteiger partial charge in [-0.15, -0.1) is 11.3 Å². The first-order valence-corrected chi connectivity index (χ1v) is 16.6. The van der Waals surface area contributed by atoms with Gasteiger partial charge in [0, 0.05) is 53.5 Å². The van der Waals surface area contributed by atoms with E-state index in [0.717, 1.165) is 29.7 Å². The standard InChI is InChI=1S/C33H34F2N8O3S/c1-18-20(4-2-3-19-5-7-22(8-6-19)38-24-9-10-27(44)39-31(24)45)13-25-23(28(18)35)16-43(41-25)30(32(46)40-33-36-11-12-47-33)29-26-14-21(34)15-42(26)17-37-29/h5-8,11-13,16-18,21,24,28,30,38H,2-4,9-10,14-15H2,1H3,(H,36,40,46)(H,39,44,45). The zero-order valence-electron chi connectivity index (χ0n) is 25.7. The molecule has 0 spiro atoms. The molecule has 0 radical (unpaired) electrons. The lowest BCUT2D eigenvalue weighted by Gasteiger charge is -2.24. The quantitative estimate of drug-likeness (QED) is 0.205. The summed E-state index contributed by atoms with van der Waals surface area (Å²) in [4.78, 5) is 45.7. The minimum atomic E-state index is -1.30. The van der Waals surface area contributed by atoms with E-state index < -0.39 is 30.3 Å². The normalized spacial score (nSPS) is 22.7. The van der Waals surface area contributed by atoms with Crippen LogP contribution in [0.2, 0.25) is 0 Å². The largest absolute Gasteiger partial charge is 0.374 e. The number of hydrogen-bond acceptors (Lipinski definition) is 8. The predicted octanol–water partition coefficient (Wildman–Crippen LogP) is 4.94. The second kappa shape index (κ2) is 12.8. The van der Waals surface area contributed by atoms with E-state index in [4.69, 9.17) is 5.10 Å². The van der Waals surface area contributed by atoms with Crippen LogP contribution in [-0.4, -0.2) is 54.3 Å². The average molecular weight is 661 g/mol. The number of fused-ring (bicyclic) bond motifs is 2. The Hall–Kier alpha value is -4.72. The molecule has 47 heavy (non-hydrogen) atoms. The number of hydrogen-bond donors (Lipinski definition) is 3. The number of benzene rings is 1. The number of nitrogens with zero attached hydrogens (tertiary/aromatic N) is 5. The number of aryl methyl sites for hydroxylation is 1. The lowest BCUT2D eigenvalue weighted by Crippen LogP contribution is -2.47. The van der Waals surface area contributed by atoms with Gasteiger partial charge in [-0.1, -0.05) is 24.6 Å². The Morgan fingerprint density at radius 2 is 2.00 bits per heavy atom. The summed E-state index contributed by atoms with van der Waals surface area (Å²) in [7, 11) is 0. The van der Waals surface area contributed by atoms with Crippen molar-refractivity contribution in [3.63, 3.8) is 0 Å². The average Bonchev–Trinajstić information content (AvgIpc) is 3.85. The number of aromatic nitrogens is 5. The number of allylic oxidation sites excluding steroid dienone is 1. The van der Waals surface area contributed by atoms with Gasteiger partial charge in [-0.05, 0) is 49.5 Å². The Morgan fingerprint density at radius 1 is 1.17 bits per heavy atom. The first kappa shape index (κ1) is 30.9. The lowest BCUT2D eigenvalue weighted by molar-refractivity contribution is -0.133. The number of carbonyl (C=O) groups is 3. The van der Waals surface area contributed by atoms with E-state index in [0.29, 0.717) is 47.0 Å². The van der Waals surface area contributed by atoms with Crippen LogP contribution in [-0.2, 0) is 33.8 Å². The molecule has 1 aliphatic carbocycles. The van der Waals surface area contributed by atoms with Crippen LogP contribution in [0.4, 0.5) is 19.6 Å². The number of nitrogens with one attached hydrogen (secondary N) is 3. The van der Waals surface area contributed by atoms with E-state index in [1.54, 1.807) is 22.3 Å². The smallest absolute Gasteiger partial charge is 0.257 e. The van der Waals surface area contributed by atoms with Crippen LogP contribution >= 0.6 is 11.3 Å². The number of piperidine rings is 1. The van der Waals surface area contributed by atoms with Gasteiger partial charge in [-0.25, -0.2) is 18.7 Å². The van der Waals surface area contributed by atoms with Crippen LogP contribution in [0.1, 0.15) is 73.0 Å². The number of thiazole rings is 1. The van der Waals surface area contributed by atoms with Gasteiger partial charge in [0.2, 0.25) is 11.8 Å². The number of amides is 3. The first-order valence-electron chi connectivity index (χ1n) is 15.7. The fourth-order valence-electron chi connectivity index (χ4n) is 6.58. The maximum absolute atomic E-state index is 15.9. The Balaban J connectivity index is 1.05. The summed E-state index contributed by atoms with van der Waals surface area (Å²) in [6.07, 6.45) is 7.42. The highest BCUT2D eigenvalue weighted by atomic mass is 32.1. The van der Waals surface area contributed by atoms with Crippen molar-refractivity contribution in [1.82, 2.24) is 29.6 Å². The zero-order chi connectivity index (χ0) is 32.7. The van der Waals surface area contributed by atoms with Gasteiger partial charge < -0.3 is 9.88 Å². The molecule has 3 N–H and O–H groups in total. The van der Waals surface area contributed by atoms with Crippen molar-refractivity contribution in [3.05, 3.63) is 82.1 Å². The highest BCUT2D eigenvalue weighted by molar-refractivity contribution is 7.13. The van der Waals surface area contributed by atoms with Gasteiger partial charge in [0.15, 0.2) is 11.2 Å². The molecule has 5 heterocycles. The predicted molar refractivity (Wildman–Crippen MR) is 172 cm³/mol. The van der Waals surface area contributed by atoms with Crippen molar-refractivity contribution >= 4 is 46.0 Å². The number of imide groups is 1. The molecule has 0 bridgehead atoms. The summed E-state index contributed by atoms with van der Waals surface area (Å²) < 4.78 is 33.4. The molecule has 7 rings (SSSR count). The highest BCUT2D eigenvalue weighted by Gasteiger charge is 2.37. The van der Waals surface area contributed by atoms with Crippen LogP contribution in [0.25, 0.3) is 6.08 Å². The SMILES string of the molecule is CC1C(CCCc2ccc(NC3CCC(=O)NC3=O)cc2)=Cc2nn(C(C(=O)Nc3nccs3)c3ncn4c3CC(F)C4)cc2C1F. The van der Waals surface area contributed by atoms with Crippen molar-refractivity contribution in [2.45, 2.75) is 76.4 Å². The number of imidazole rings is 1. The van der Waals surface area contributed by atoms with E-state index in [-0.39, 0.29) is 30.7 Å². The summed E-state index contributed by atoms with van der Waals surface area (Å²) in [6.45, 7) is 2.04. The van der Waals surface area contributed by atoms with Crippen LogP contribution < -0.4 is 16.0 Å². The minimum absolute atomic E-state index is 0.142. The third-order valence-corrected chi connectivity index (χ3v) is 9.81. The molecule has 3 aromatic heterocycles. The molecular formula is C33H34F2N8O3S. The fraction of sp³-hybridized carbons (Fsp3) is 0.394. The summed E-state index contributed by atoms with van der Waals surface area (Å²) in [5.74, 6) is -1.36. The molecule has 1 aromatic carbocycles. The number of anilines is 2. The molecule has 244 valence electrons. The Kier molecular flexibility index (Phi) is 8.43. The second-order valence-electron chi connectivity index (χ2n) is 12.3. The summed E-state index contributed by atoms with van der Waals surface area (Å²) in [5.41, 5.74) is 4.77. The van der Waals surface area contributed by atoms with Gasteiger partial charge in [0.25, 0.3) is 5.91 Å². The number of carbonyl (C=O) groups excluding carboxylic acids is 3. The molecule has 1 fully saturated rings. The van der Waals surface area contributed by atoms with Gasteiger partial charge >= 0.3 is 0 Å². The van der Waals surface area contributed by atoms with Crippen LogP contribution in [0, 0.1) is 5.92 Å². The van der Waals surface area contributed by atoms with Crippen LogP contribution in [0.5, 0.6) is 0 Å². The summed E-state index contributed by atoms with van der Waals surface area (Å²) in [6, 6.07) is 6.37. The number of alkyl halides is 2. The lowest BCUT2D eigenvalue weighted by atomic mass is 9.83. The van der Waals surface area contributed by atoms with Crippen LogP contribution in [0.15, 0.2) is 53.9 Å². The van der Waals surface area contributed by atoms with Crippen molar-refractivity contribution in [1.29, 1.82) is 0 Å². The number of rotatable bonds is 10. The molecule has 4 aromatic rings. The molecule has 2 aliphatic heterocycles. The molecule has 0 saturated carbocycles. The van der Waals surface area contributed by atoms with Gasteiger partial charge in [0.1, 0.15) is 18.4 Å². The van der Waals surface area contributed by atoms with Crippen molar-refractivity contribution < 1.29 is 23.2 Å². The van der Waals surface area contributed by atoms with Gasteiger partial charge in [-0.2, -0.15) is 5.10 Å². The van der Waals surface area contributed by atoms with Crippen molar-refractivity contribution in [2.75, 3.05) is 10.6 Å². The van der Waals surface area contributed by atoms with Gasteiger partial charge in [-0.3, -0.25) is 29.7 Å². The van der Waals surface area contributed by atoms with Crippen LogP contribution in [0.3, 0.4) is 0 Å². The maximum atomic E-state index is 15.9. The Labute approximate surface area is 273 Å². The number of halogens is 2. The van der Waals surface area contributed by atoms with E-state index in [2.05, 4.69) is 25.9 Å². The maximum Gasteiger partial charge on any atom is 0.257 e. The molecule has 5 unspecified atom stereocenters. The monoisotopic (exact) mass is 660 g/mol. The molecule has 3 aliphatic rings. The fourth-order valence-corrected chi connectivity index (χ4v) is 7.12. The molecule has 3 amide bonds. The van der Waals surface area contributed by atoms with Crippen molar-refractivity contribution in [2.24, 2.45) is 5.92 Å². The Morgan fingerprint density at radius 3 is 2.77 bits per heavy atom. The molecular weight excluding hydrogens is 626 g/mol.